The van der Waals surface area contributed by atoms with E-state index in [0.29, 0.717) is 21.2 Å². The maximum absolute atomic E-state index is 12.6. The van der Waals surface area contributed by atoms with E-state index in [4.69, 9.17) is 0 Å². The van der Waals surface area contributed by atoms with Crippen LogP contribution in [-0.2, 0) is 20.2 Å². The highest BCUT2D eigenvalue weighted by Gasteiger charge is 2.41. The van der Waals surface area contributed by atoms with Crippen LogP contribution < -0.4 is 10.6 Å². The van der Waals surface area contributed by atoms with Crippen molar-refractivity contribution in [2.24, 2.45) is 0 Å². The molecule has 3 aromatic carbocycles. The van der Waals surface area contributed by atoms with Gasteiger partial charge in [0.15, 0.2) is 0 Å². The van der Waals surface area contributed by atoms with Crippen LogP contribution in [-0.4, -0.2) is 37.0 Å². The zero-order valence-corrected chi connectivity index (χ0v) is 20.3. The van der Waals surface area contributed by atoms with Crippen LogP contribution in [0.4, 0.5) is 11.4 Å². The van der Waals surface area contributed by atoms with Crippen molar-refractivity contribution in [3.8, 4) is 0 Å². The van der Waals surface area contributed by atoms with E-state index in [1.165, 1.54) is 18.2 Å². The standard InChI is InChI=1S/C26H25N3O5S/c1-26(2,3)18-13-11-17(12-14-18)24(31)28-20-8-6-7-19(15-20)27-23(30)16-29-25(32)21-9-4-5-10-22(21)35(29,33)34/h4-15H,16H2,1-3H3,(H,27,30)(H,28,31). The van der Waals surface area contributed by atoms with E-state index in [2.05, 4.69) is 31.4 Å². The normalized spacial score (nSPS) is 14.4. The molecule has 2 N–H and O–H groups in total. The van der Waals surface area contributed by atoms with Gasteiger partial charge in [-0.15, -0.1) is 0 Å². The zero-order valence-electron chi connectivity index (χ0n) is 19.5. The largest absolute Gasteiger partial charge is 0.324 e. The Hall–Kier alpha value is -3.98. The second kappa shape index (κ2) is 8.99. The molecule has 4 rings (SSSR count). The van der Waals surface area contributed by atoms with Gasteiger partial charge in [0.1, 0.15) is 11.4 Å². The Bertz CT molecular complexity index is 1420. The molecule has 9 heteroatoms. The molecule has 3 aromatic rings. The molecule has 0 radical (unpaired) electrons. The van der Waals surface area contributed by atoms with Gasteiger partial charge in [-0.05, 0) is 53.4 Å². The number of benzene rings is 3. The van der Waals surface area contributed by atoms with Gasteiger partial charge in [0, 0.05) is 16.9 Å². The number of carbonyl (C=O) groups is 3. The molecule has 3 amide bonds. The van der Waals surface area contributed by atoms with Crippen LogP contribution in [0.25, 0.3) is 0 Å². The maximum atomic E-state index is 12.6. The summed E-state index contributed by atoms with van der Waals surface area (Å²) in [5.41, 5.74) is 2.41. The lowest BCUT2D eigenvalue weighted by molar-refractivity contribution is -0.116. The quantitative estimate of drug-likeness (QED) is 0.560. The summed E-state index contributed by atoms with van der Waals surface area (Å²) in [6.07, 6.45) is 0. The first-order valence-corrected chi connectivity index (χ1v) is 12.4. The van der Waals surface area contributed by atoms with Gasteiger partial charge in [-0.25, -0.2) is 12.7 Å². The third-order valence-electron chi connectivity index (χ3n) is 5.62. The Kier molecular flexibility index (Phi) is 6.21. The Labute approximate surface area is 204 Å². The highest BCUT2D eigenvalue weighted by atomic mass is 32.2. The van der Waals surface area contributed by atoms with E-state index < -0.39 is 28.4 Å². The molecule has 0 fully saturated rings. The SMILES string of the molecule is CC(C)(C)c1ccc(C(=O)Nc2cccc(NC(=O)CN3C(=O)c4ccccc4S3(=O)=O)c2)cc1. The predicted molar refractivity (Wildman–Crippen MR) is 133 cm³/mol. The van der Waals surface area contributed by atoms with Gasteiger partial charge in [-0.1, -0.05) is 51.1 Å². The van der Waals surface area contributed by atoms with Crippen LogP contribution in [0.5, 0.6) is 0 Å². The zero-order chi connectivity index (χ0) is 25.4. The minimum Gasteiger partial charge on any atom is -0.324 e. The van der Waals surface area contributed by atoms with Crippen molar-refractivity contribution < 1.29 is 22.8 Å². The molecule has 0 aromatic heterocycles. The van der Waals surface area contributed by atoms with E-state index in [1.54, 1.807) is 42.5 Å². The average molecular weight is 492 g/mol. The van der Waals surface area contributed by atoms with Gasteiger partial charge in [-0.3, -0.25) is 14.4 Å². The van der Waals surface area contributed by atoms with Crippen molar-refractivity contribution in [1.29, 1.82) is 0 Å². The molecule has 1 aliphatic rings. The van der Waals surface area contributed by atoms with Crippen molar-refractivity contribution in [2.45, 2.75) is 31.1 Å². The predicted octanol–water partition coefficient (Wildman–Crippen LogP) is 4.02. The lowest BCUT2D eigenvalue weighted by Gasteiger charge is -2.19. The summed E-state index contributed by atoms with van der Waals surface area (Å²) in [5, 5.41) is 5.37. The molecule has 0 atom stereocenters. The Morgan fingerprint density at radius 2 is 1.49 bits per heavy atom. The van der Waals surface area contributed by atoms with E-state index in [9.17, 15) is 22.8 Å². The van der Waals surface area contributed by atoms with Gasteiger partial charge in [-0.2, -0.15) is 0 Å². The van der Waals surface area contributed by atoms with Gasteiger partial charge >= 0.3 is 0 Å². The molecule has 1 heterocycles. The van der Waals surface area contributed by atoms with Crippen molar-refractivity contribution in [3.05, 3.63) is 89.5 Å². The molecular formula is C26H25N3O5S. The van der Waals surface area contributed by atoms with Gasteiger partial charge < -0.3 is 10.6 Å². The van der Waals surface area contributed by atoms with Crippen molar-refractivity contribution in [1.82, 2.24) is 4.31 Å². The summed E-state index contributed by atoms with van der Waals surface area (Å²) in [6, 6.07) is 19.6. The number of nitrogens with one attached hydrogen (secondary N) is 2. The second-order valence-electron chi connectivity index (χ2n) is 9.22. The molecule has 0 bridgehead atoms. The number of nitrogens with zero attached hydrogens (tertiary/aromatic N) is 1. The summed E-state index contributed by atoms with van der Waals surface area (Å²) in [4.78, 5) is 37.6. The lowest BCUT2D eigenvalue weighted by atomic mass is 9.87. The average Bonchev–Trinajstić information content (AvgIpc) is 2.99. The van der Waals surface area contributed by atoms with Crippen LogP contribution in [0.1, 0.15) is 47.1 Å². The fourth-order valence-electron chi connectivity index (χ4n) is 3.72. The van der Waals surface area contributed by atoms with Gasteiger partial charge in [0.05, 0.1) is 5.56 Å². The Morgan fingerprint density at radius 1 is 0.857 bits per heavy atom. The van der Waals surface area contributed by atoms with E-state index >= 15 is 0 Å². The fourth-order valence-corrected chi connectivity index (χ4v) is 5.24. The number of hydrogen-bond acceptors (Lipinski definition) is 5. The molecular weight excluding hydrogens is 466 g/mol. The summed E-state index contributed by atoms with van der Waals surface area (Å²) < 4.78 is 25.8. The smallest absolute Gasteiger partial charge is 0.269 e. The molecule has 0 unspecified atom stereocenters. The Morgan fingerprint density at radius 3 is 2.11 bits per heavy atom. The minimum atomic E-state index is -4.08. The van der Waals surface area contributed by atoms with Crippen molar-refractivity contribution in [2.75, 3.05) is 17.2 Å². The third-order valence-corrected chi connectivity index (χ3v) is 7.40. The molecule has 0 spiro atoms. The number of fused-ring (bicyclic) bond motifs is 1. The molecule has 0 saturated heterocycles. The number of rotatable bonds is 5. The fraction of sp³-hybridized carbons (Fsp3) is 0.192. The van der Waals surface area contributed by atoms with E-state index in [-0.39, 0.29) is 21.8 Å². The second-order valence-corrected chi connectivity index (χ2v) is 11.1. The summed E-state index contributed by atoms with van der Waals surface area (Å²) in [5.74, 6) is -1.73. The first-order chi connectivity index (χ1) is 16.5. The monoisotopic (exact) mass is 491 g/mol. The lowest BCUT2D eigenvalue weighted by Crippen LogP contribution is -2.37. The van der Waals surface area contributed by atoms with E-state index in [0.717, 1.165) is 5.56 Å². The van der Waals surface area contributed by atoms with Crippen LogP contribution in [0.15, 0.2) is 77.7 Å². The van der Waals surface area contributed by atoms with Crippen LogP contribution >= 0.6 is 0 Å². The van der Waals surface area contributed by atoms with E-state index in [1.807, 2.05) is 12.1 Å². The molecule has 0 saturated carbocycles. The van der Waals surface area contributed by atoms with Crippen molar-refractivity contribution in [3.63, 3.8) is 0 Å². The maximum Gasteiger partial charge on any atom is 0.269 e. The molecule has 180 valence electrons. The topological polar surface area (TPSA) is 113 Å². The van der Waals surface area contributed by atoms with Gasteiger partial charge in [0.2, 0.25) is 5.91 Å². The Balaban J connectivity index is 1.42. The van der Waals surface area contributed by atoms with Crippen LogP contribution in [0.3, 0.4) is 0 Å². The first kappa shape index (κ1) is 24.2. The summed E-state index contributed by atoms with van der Waals surface area (Å²) in [7, 11) is -4.08. The summed E-state index contributed by atoms with van der Waals surface area (Å²) in [6.45, 7) is 5.62. The molecule has 0 aliphatic carbocycles. The number of anilines is 2. The molecule has 8 nitrogen and oxygen atoms in total. The number of carbonyl (C=O) groups excluding carboxylic acids is 3. The number of hydrogen-bond donors (Lipinski definition) is 2. The van der Waals surface area contributed by atoms with Crippen molar-refractivity contribution >= 4 is 39.1 Å². The summed E-state index contributed by atoms with van der Waals surface area (Å²) >= 11 is 0. The number of sulfonamides is 1. The third kappa shape index (κ3) is 4.95. The minimum absolute atomic E-state index is 0.0245. The highest BCUT2D eigenvalue weighted by Crippen LogP contribution is 2.29. The number of amides is 3. The van der Waals surface area contributed by atoms with Gasteiger partial charge in [0.25, 0.3) is 21.8 Å². The van der Waals surface area contributed by atoms with Crippen LogP contribution in [0.2, 0.25) is 0 Å². The highest BCUT2D eigenvalue weighted by molar-refractivity contribution is 7.90. The molecule has 35 heavy (non-hydrogen) atoms. The van der Waals surface area contributed by atoms with Crippen LogP contribution in [0, 0.1) is 0 Å². The first-order valence-electron chi connectivity index (χ1n) is 10.9. The molecule has 1 aliphatic heterocycles.